The van der Waals surface area contributed by atoms with Crippen molar-refractivity contribution < 1.29 is 9.47 Å². The lowest BCUT2D eigenvalue weighted by Crippen LogP contribution is -1.84. The Balaban J connectivity index is 2.06. The van der Waals surface area contributed by atoms with E-state index in [9.17, 15) is 0 Å². The van der Waals surface area contributed by atoms with E-state index < -0.39 is 0 Å². The Kier molecular flexibility index (Phi) is 4.84. The second kappa shape index (κ2) is 6.61. The van der Waals surface area contributed by atoms with Crippen LogP contribution in [0.4, 0.5) is 0 Å². The molecule has 0 atom stereocenters. The Hall–Kier alpha value is -1.26. The quantitative estimate of drug-likeness (QED) is 0.749. The fourth-order valence-electron chi connectivity index (χ4n) is 1.43. The van der Waals surface area contributed by atoms with Crippen LogP contribution in [0, 0.1) is 0 Å². The molecule has 0 spiro atoms. The lowest BCUT2D eigenvalue weighted by molar-refractivity contribution is 0.405. The Bertz CT molecular complexity index is 515. The number of ether oxygens (including phenoxy) is 2. The minimum atomic E-state index is 0.876. The van der Waals surface area contributed by atoms with Gasteiger partial charge in [-0.3, -0.25) is 0 Å². The summed E-state index contributed by atoms with van der Waals surface area (Å²) in [5.74, 6) is 1.78. The smallest absolute Gasteiger partial charge is 0.133 e. The SMILES string of the molecule is COc1cccc(SSc2ccccc2OC)c1. The fraction of sp³-hybridized carbons (Fsp3) is 0.143. The molecule has 0 bridgehead atoms. The van der Waals surface area contributed by atoms with Crippen LogP contribution in [0.25, 0.3) is 0 Å². The first-order chi connectivity index (χ1) is 8.83. The van der Waals surface area contributed by atoms with E-state index in [2.05, 4.69) is 12.1 Å². The number of para-hydroxylation sites is 1. The molecule has 2 aromatic carbocycles. The van der Waals surface area contributed by atoms with E-state index in [1.807, 2.05) is 36.4 Å². The second-order valence-corrected chi connectivity index (χ2v) is 5.74. The summed E-state index contributed by atoms with van der Waals surface area (Å²) in [6.45, 7) is 0. The highest BCUT2D eigenvalue weighted by Gasteiger charge is 2.04. The minimum absolute atomic E-state index is 0.876. The predicted molar refractivity (Wildman–Crippen MR) is 77.7 cm³/mol. The van der Waals surface area contributed by atoms with Gasteiger partial charge < -0.3 is 9.47 Å². The number of hydrogen-bond donors (Lipinski definition) is 0. The van der Waals surface area contributed by atoms with Crippen molar-refractivity contribution in [2.24, 2.45) is 0 Å². The van der Waals surface area contributed by atoms with E-state index in [4.69, 9.17) is 9.47 Å². The maximum absolute atomic E-state index is 5.32. The van der Waals surface area contributed by atoms with Crippen LogP contribution in [0.2, 0.25) is 0 Å². The average Bonchev–Trinajstić information content (AvgIpc) is 2.45. The van der Waals surface area contributed by atoms with Gasteiger partial charge in [0.2, 0.25) is 0 Å². The lowest BCUT2D eigenvalue weighted by atomic mass is 10.3. The van der Waals surface area contributed by atoms with E-state index in [-0.39, 0.29) is 0 Å². The first-order valence-electron chi connectivity index (χ1n) is 5.45. The third-order valence-corrected chi connectivity index (χ3v) is 4.75. The van der Waals surface area contributed by atoms with Gasteiger partial charge in [0.1, 0.15) is 11.5 Å². The van der Waals surface area contributed by atoms with Gasteiger partial charge in [-0.2, -0.15) is 0 Å². The van der Waals surface area contributed by atoms with E-state index >= 15 is 0 Å². The highest BCUT2D eigenvalue weighted by Crippen LogP contribution is 2.42. The zero-order valence-corrected chi connectivity index (χ0v) is 11.9. The molecule has 18 heavy (non-hydrogen) atoms. The molecule has 0 aliphatic heterocycles. The molecule has 0 N–H and O–H groups in total. The van der Waals surface area contributed by atoms with Gasteiger partial charge in [0.15, 0.2) is 0 Å². The highest BCUT2D eigenvalue weighted by molar-refractivity contribution is 8.76. The highest BCUT2D eigenvalue weighted by atomic mass is 33.1. The molecule has 94 valence electrons. The van der Waals surface area contributed by atoms with Crippen LogP contribution in [-0.4, -0.2) is 14.2 Å². The zero-order valence-electron chi connectivity index (χ0n) is 10.3. The van der Waals surface area contributed by atoms with Crippen molar-refractivity contribution in [1.29, 1.82) is 0 Å². The molecule has 0 aliphatic carbocycles. The summed E-state index contributed by atoms with van der Waals surface area (Å²) < 4.78 is 10.5. The van der Waals surface area contributed by atoms with E-state index in [1.165, 1.54) is 0 Å². The van der Waals surface area contributed by atoms with Crippen LogP contribution in [0.3, 0.4) is 0 Å². The van der Waals surface area contributed by atoms with Crippen molar-refractivity contribution in [3.63, 3.8) is 0 Å². The maximum atomic E-state index is 5.32. The molecule has 0 fully saturated rings. The molecule has 0 unspecified atom stereocenters. The number of rotatable bonds is 5. The second-order valence-electron chi connectivity index (χ2n) is 3.50. The van der Waals surface area contributed by atoms with Gasteiger partial charge in [-0.15, -0.1) is 0 Å². The van der Waals surface area contributed by atoms with Crippen molar-refractivity contribution in [1.82, 2.24) is 0 Å². The Morgan fingerprint density at radius 2 is 1.67 bits per heavy atom. The first kappa shape index (κ1) is 13.2. The molecule has 0 aliphatic rings. The molecule has 2 rings (SSSR count). The summed E-state index contributed by atoms with van der Waals surface area (Å²) in [5.41, 5.74) is 0. The van der Waals surface area contributed by atoms with Gasteiger partial charge in [-0.05, 0) is 41.1 Å². The lowest BCUT2D eigenvalue weighted by Gasteiger charge is -2.07. The van der Waals surface area contributed by atoms with Gasteiger partial charge in [0.05, 0.1) is 19.1 Å². The van der Waals surface area contributed by atoms with E-state index in [1.54, 1.807) is 35.8 Å². The molecule has 0 saturated carbocycles. The summed E-state index contributed by atoms with van der Waals surface area (Å²) >= 11 is 0. The monoisotopic (exact) mass is 278 g/mol. The zero-order chi connectivity index (χ0) is 12.8. The summed E-state index contributed by atoms with van der Waals surface area (Å²) in [6, 6.07) is 16.0. The molecule has 0 heterocycles. The number of hydrogen-bond acceptors (Lipinski definition) is 4. The van der Waals surface area contributed by atoms with Crippen LogP contribution in [0.15, 0.2) is 58.3 Å². The molecule has 4 heteroatoms. The van der Waals surface area contributed by atoms with Crippen LogP contribution in [-0.2, 0) is 0 Å². The molecular formula is C14H14O2S2. The number of benzene rings is 2. The van der Waals surface area contributed by atoms with E-state index in [0.29, 0.717) is 0 Å². The predicted octanol–water partition coefficient (Wildman–Crippen LogP) is 4.50. The standard InChI is InChI=1S/C14H14O2S2/c1-15-11-6-5-7-12(10-11)17-18-14-9-4-3-8-13(14)16-2/h3-10H,1-2H3. The van der Waals surface area contributed by atoms with Crippen LogP contribution in [0.1, 0.15) is 0 Å². The topological polar surface area (TPSA) is 18.5 Å². The van der Waals surface area contributed by atoms with Crippen molar-refractivity contribution in [3.8, 4) is 11.5 Å². The van der Waals surface area contributed by atoms with Gasteiger partial charge in [-0.25, -0.2) is 0 Å². The number of methoxy groups -OCH3 is 2. The van der Waals surface area contributed by atoms with Crippen molar-refractivity contribution in [3.05, 3.63) is 48.5 Å². The normalized spacial score (nSPS) is 10.1. The van der Waals surface area contributed by atoms with Gasteiger partial charge in [0, 0.05) is 4.90 Å². The summed E-state index contributed by atoms with van der Waals surface area (Å²) in [6.07, 6.45) is 0. The third-order valence-electron chi connectivity index (χ3n) is 2.34. The maximum Gasteiger partial charge on any atom is 0.133 e. The molecule has 0 saturated heterocycles. The van der Waals surface area contributed by atoms with Gasteiger partial charge in [0.25, 0.3) is 0 Å². The van der Waals surface area contributed by atoms with Crippen LogP contribution in [0.5, 0.6) is 11.5 Å². The average molecular weight is 278 g/mol. The largest absolute Gasteiger partial charge is 0.497 e. The third kappa shape index (κ3) is 3.37. The Morgan fingerprint density at radius 3 is 2.44 bits per heavy atom. The summed E-state index contributed by atoms with van der Waals surface area (Å²) in [7, 11) is 6.74. The van der Waals surface area contributed by atoms with E-state index in [0.717, 1.165) is 21.3 Å². The fourth-order valence-corrected chi connectivity index (χ4v) is 3.57. The molecule has 0 aromatic heterocycles. The van der Waals surface area contributed by atoms with Crippen LogP contribution >= 0.6 is 21.6 Å². The molecular weight excluding hydrogens is 264 g/mol. The van der Waals surface area contributed by atoms with Crippen molar-refractivity contribution >= 4 is 21.6 Å². The Morgan fingerprint density at radius 1 is 0.833 bits per heavy atom. The van der Waals surface area contributed by atoms with Crippen molar-refractivity contribution in [2.75, 3.05) is 14.2 Å². The molecule has 2 nitrogen and oxygen atoms in total. The molecule has 0 radical (unpaired) electrons. The molecule has 2 aromatic rings. The Labute approximate surface area is 115 Å². The van der Waals surface area contributed by atoms with Crippen LogP contribution < -0.4 is 9.47 Å². The minimum Gasteiger partial charge on any atom is -0.497 e. The van der Waals surface area contributed by atoms with Gasteiger partial charge >= 0.3 is 0 Å². The molecule has 0 amide bonds. The summed E-state index contributed by atoms with van der Waals surface area (Å²) in [5, 5.41) is 0. The first-order valence-corrected chi connectivity index (χ1v) is 7.60. The summed E-state index contributed by atoms with van der Waals surface area (Å²) in [4.78, 5) is 2.28. The van der Waals surface area contributed by atoms with Gasteiger partial charge in [-0.1, -0.05) is 29.0 Å². The van der Waals surface area contributed by atoms with Crippen molar-refractivity contribution in [2.45, 2.75) is 9.79 Å².